The third-order valence-corrected chi connectivity index (χ3v) is 3.18. The molecular formula is C14H19N3O4. The zero-order chi connectivity index (χ0) is 16.0. The predicted octanol–water partition coefficient (Wildman–Crippen LogP) is 1.50. The topological polar surface area (TPSA) is 92.6 Å². The van der Waals surface area contributed by atoms with Crippen LogP contribution in [-0.4, -0.2) is 41.3 Å². The second-order valence-corrected chi connectivity index (χ2v) is 4.48. The van der Waals surface area contributed by atoms with Gasteiger partial charge in [0.25, 0.3) is 11.6 Å². The van der Waals surface area contributed by atoms with E-state index < -0.39 is 10.8 Å². The molecule has 1 rings (SSSR count). The number of rotatable bonds is 6. The van der Waals surface area contributed by atoms with E-state index in [-0.39, 0.29) is 23.7 Å². The number of likely N-dealkylation sites (N-methyl/N-ethyl adjacent to an activating group) is 1. The van der Waals surface area contributed by atoms with Crippen LogP contribution in [0.15, 0.2) is 18.2 Å². The molecule has 21 heavy (non-hydrogen) atoms. The highest BCUT2D eigenvalue weighted by molar-refractivity contribution is 6.00. The number of nitrogens with one attached hydrogen (secondary N) is 1. The Kier molecular flexibility index (Phi) is 5.83. The second kappa shape index (κ2) is 7.37. The van der Waals surface area contributed by atoms with Gasteiger partial charge < -0.3 is 10.2 Å². The molecule has 7 nitrogen and oxygen atoms in total. The molecule has 114 valence electrons. The van der Waals surface area contributed by atoms with Crippen LogP contribution in [0, 0.1) is 17.0 Å². The lowest BCUT2D eigenvalue weighted by Crippen LogP contribution is -2.40. The van der Waals surface area contributed by atoms with Gasteiger partial charge in [0.05, 0.1) is 11.5 Å². The van der Waals surface area contributed by atoms with E-state index in [9.17, 15) is 19.7 Å². The fraction of sp³-hybridized carbons (Fsp3) is 0.429. The maximum absolute atomic E-state index is 12.0. The molecule has 0 fully saturated rings. The molecule has 0 aliphatic rings. The van der Waals surface area contributed by atoms with Gasteiger partial charge in [-0.2, -0.15) is 0 Å². The lowest BCUT2D eigenvalue weighted by Gasteiger charge is -2.18. The third-order valence-electron chi connectivity index (χ3n) is 3.18. The summed E-state index contributed by atoms with van der Waals surface area (Å²) in [5.74, 6) is -0.838. The van der Waals surface area contributed by atoms with Crippen LogP contribution in [0.1, 0.15) is 29.8 Å². The lowest BCUT2D eigenvalue weighted by molar-refractivity contribution is -0.385. The Labute approximate surface area is 123 Å². The number of nitrogens with zero attached hydrogens (tertiary/aromatic N) is 2. The minimum Gasteiger partial charge on any atom is -0.343 e. The predicted molar refractivity (Wildman–Crippen MR) is 78.1 cm³/mol. The van der Waals surface area contributed by atoms with E-state index in [1.165, 1.54) is 6.07 Å². The standard InChI is InChI=1S/C14H19N3O4/c1-4-16(5-2)12(18)9-15-14(19)11-8-6-7-10(3)13(11)17(20)21/h6-8H,4-5,9H2,1-3H3,(H,15,19). The molecule has 0 aromatic heterocycles. The summed E-state index contributed by atoms with van der Waals surface area (Å²) in [6, 6.07) is 4.52. The molecule has 0 spiro atoms. The summed E-state index contributed by atoms with van der Waals surface area (Å²) in [6.07, 6.45) is 0. The first kappa shape index (κ1) is 16.6. The van der Waals surface area contributed by atoms with Crippen molar-refractivity contribution in [1.82, 2.24) is 10.2 Å². The highest BCUT2D eigenvalue weighted by Crippen LogP contribution is 2.22. The lowest BCUT2D eigenvalue weighted by atomic mass is 10.1. The van der Waals surface area contributed by atoms with Gasteiger partial charge in [0, 0.05) is 18.7 Å². The molecule has 0 radical (unpaired) electrons. The molecular weight excluding hydrogens is 274 g/mol. The Bertz CT molecular complexity index is 553. The summed E-state index contributed by atoms with van der Waals surface area (Å²) in [6.45, 7) is 6.18. The molecule has 1 N–H and O–H groups in total. The summed E-state index contributed by atoms with van der Waals surface area (Å²) in [5.41, 5.74) is 0.139. The maximum Gasteiger partial charge on any atom is 0.285 e. The summed E-state index contributed by atoms with van der Waals surface area (Å²) in [5, 5.41) is 13.5. The van der Waals surface area contributed by atoms with Gasteiger partial charge in [-0.3, -0.25) is 19.7 Å². The Morgan fingerprint density at radius 3 is 2.43 bits per heavy atom. The zero-order valence-electron chi connectivity index (χ0n) is 12.4. The number of nitro groups is 1. The van der Waals surface area contributed by atoms with E-state index in [0.29, 0.717) is 18.7 Å². The number of amides is 2. The smallest absolute Gasteiger partial charge is 0.285 e. The first-order chi connectivity index (χ1) is 9.92. The second-order valence-electron chi connectivity index (χ2n) is 4.48. The number of hydrogen-bond acceptors (Lipinski definition) is 4. The number of benzene rings is 1. The normalized spacial score (nSPS) is 10.0. The van der Waals surface area contributed by atoms with Gasteiger partial charge in [-0.05, 0) is 26.8 Å². The van der Waals surface area contributed by atoms with Gasteiger partial charge in [0.2, 0.25) is 5.91 Å². The Morgan fingerprint density at radius 2 is 1.90 bits per heavy atom. The van der Waals surface area contributed by atoms with Crippen molar-refractivity contribution in [2.24, 2.45) is 0 Å². The van der Waals surface area contributed by atoms with Crippen LogP contribution in [0.4, 0.5) is 5.69 Å². The van der Waals surface area contributed by atoms with Crippen LogP contribution in [-0.2, 0) is 4.79 Å². The number of carbonyl (C=O) groups is 2. The maximum atomic E-state index is 12.0. The molecule has 0 aliphatic carbocycles. The van der Waals surface area contributed by atoms with Crippen molar-refractivity contribution in [3.63, 3.8) is 0 Å². The molecule has 0 saturated heterocycles. The minimum absolute atomic E-state index is 0.0349. The zero-order valence-corrected chi connectivity index (χ0v) is 12.4. The number of nitro benzene ring substituents is 1. The molecule has 0 unspecified atom stereocenters. The van der Waals surface area contributed by atoms with E-state index in [2.05, 4.69) is 5.32 Å². The number of aryl methyl sites for hydroxylation is 1. The van der Waals surface area contributed by atoms with Gasteiger partial charge in [0.15, 0.2) is 0 Å². The third kappa shape index (κ3) is 4.01. The average molecular weight is 293 g/mol. The Morgan fingerprint density at radius 1 is 1.29 bits per heavy atom. The largest absolute Gasteiger partial charge is 0.343 e. The van der Waals surface area contributed by atoms with Crippen LogP contribution < -0.4 is 5.32 Å². The first-order valence-electron chi connectivity index (χ1n) is 6.72. The van der Waals surface area contributed by atoms with E-state index in [0.717, 1.165) is 0 Å². The molecule has 0 aliphatic heterocycles. The van der Waals surface area contributed by atoms with Crippen LogP contribution in [0.25, 0.3) is 0 Å². The van der Waals surface area contributed by atoms with E-state index in [1.807, 2.05) is 13.8 Å². The summed E-state index contributed by atoms with van der Waals surface area (Å²) in [7, 11) is 0. The fourth-order valence-electron chi connectivity index (χ4n) is 2.02. The van der Waals surface area contributed by atoms with Crippen molar-refractivity contribution >= 4 is 17.5 Å². The van der Waals surface area contributed by atoms with Gasteiger partial charge in [-0.15, -0.1) is 0 Å². The van der Waals surface area contributed by atoms with Crippen LogP contribution in [0.5, 0.6) is 0 Å². The molecule has 1 aromatic rings. The van der Waals surface area contributed by atoms with Crippen molar-refractivity contribution in [2.75, 3.05) is 19.6 Å². The summed E-state index contributed by atoms with van der Waals surface area (Å²) < 4.78 is 0. The minimum atomic E-state index is -0.620. The highest BCUT2D eigenvalue weighted by atomic mass is 16.6. The van der Waals surface area contributed by atoms with Gasteiger partial charge >= 0.3 is 0 Å². The first-order valence-corrected chi connectivity index (χ1v) is 6.72. The van der Waals surface area contributed by atoms with Crippen molar-refractivity contribution in [3.8, 4) is 0 Å². The highest BCUT2D eigenvalue weighted by Gasteiger charge is 2.22. The van der Waals surface area contributed by atoms with Crippen molar-refractivity contribution in [1.29, 1.82) is 0 Å². The Hall–Kier alpha value is -2.44. The SMILES string of the molecule is CCN(CC)C(=O)CNC(=O)c1cccc(C)c1[N+](=O)[O-]. The summed E-state index contributed by atoms with van der Waals surface area (Å²) in [4.78, 5) is 35.9. The van der Waals surface area contributed by atoms with Crippen molar-refractivity contribution in [2.45, 2.75) is 20.8 Å². The van der Waals surface area contributed by atoms with E-state index in [1.54, 1.807) is 24.0 Å². The van der Waals surface area contributed by atoms with Crippen LogP contribution in [0.2, 0.25) is 0 Å². The molecule has 7 heteroatoms. The molecule has 1 aromatic carbocycles. The van der Waals surface area contributed by atoms with Crippen LogP contribution >= 0.6 is 0 Å². The van der Waals surface area contributed by atoms with Crippen molar-refractivity contribution < 1.29 is 14.5 Å². The molecule has 0 heterocycles. The summed E-state index contributed by atoms with van der Waals surface area (Å²) >= 11 is 0. The average Bonchev–Trinajstić information content (AvgIpc) is 2.45. The molecule has 0 atom stereocenters. The quantitative estimate of drug-likeness (QED) is 0.635. The Balaban J connectivity index is 2.84. The van der Waals surface area contributed by atoms with Gasteiger partial charge in [0.1, 0.15) is 5.56 Å². The fourth-order valence-corrected chi connectivity index (χ4v) is 2.02. The van der Waals surface area contributed by atoms with Crippen molar-refractivity contribution in [3.05, 3.63) is 39.4 Å². The van der Waals surface area contributed by atoms with E-state index in [4.69, 9.17) is 0 Å². The van der Waals surface area contributed by atoms with Crippen LogP contribution in [0.3, 0.4) is 0 Å². The molecule has 0 saturated carbocycles. The van der Waals surface area contributed by atoms with Gasteiger partial charge in [-0.1, -0.05) is 12.1 Å². The monoisotopic (exact) mass is 293 g/mol. The number of carbonyl (C=O) groups excluding carboxylic acids is 2. The number of para-hydroxylation sites is 1. The number of hydrogen-bond donors (Lipinski definition) is 1. The molecule has 0 bridgehead atoms. The van der Waals surface area contributed by atoms with E-state index >= 15 is 0 Å². The van der Waals surface area contributed by atoms with Gasteiger partial charge in [-0.25, -0.2) is 0 Å². The molecule has 2 amide bonds.